The Kier molecular flexibility index (Phi) is 10.5. The molecule has 0 bridgehead atoms. The molecule has 3 N–H and O–H groups in total. The van der Waals surface area contributed by atoms with Gasteiger partial charge >= 0.3 is 0 Å². The van der Waals surface area contributed by atoms with Crippen LogP contribution in [-0.4, -0.2) is 37.5 Å². The Hall–Kier alpha value is -0.330. The first-order valence-electron chi connectivity index (χ1n) is 7.91. The molecule has 4 nitrogen and oxygen atoms in total. The van der Waals surface area contributed by atoms with E-state index in [0.717, 1.165) is 29.5 Å². The van der Waals surface area contributed by atoms with Gasteiger partial charge in [0.15, 0.2) is 0 Å². The molecule has 7 heteroatoms. The SMILES string of the molecule is CN1CCC(CCNC(=O)C(C)(N)c2ccc(Br)cc2)CC1.Cl.Cl. The fourth-order valence-electron chi connectivity index (χ4n) is 2.85. The summed E-state index contributed by atoms with van der Waals surface area (Å²) in [5.74, 6) is 0.607. The molecule has 1 aliphatic heterocycles. The zero-order chi connectivity index (χ0) is 16.2. The molecular formula is C17H28BrCl2N3O. The van der Waals surface area contributed by atoms with Crippen LogP contribution in [0.3, 0.4) is 0 Å². The second-order valence-corrected chi connectivity index (χ2v) is 7.42. The standard InChI is InChI=1S/C17H26BrN3O.2ClH/c1-17(19,14-3-5-15(18)6-4-14)16(22)20-10-7-13-8-11-21(2)12-9-13;;/h3-6,13H,7-12,19H2,1-2H3,(H,20,22);2*1H. The highest BCUT2D eigenvalue weighted by Gasteiger charge is 2.30. The lowest BCUT2D eigenvalue weighted by Gasteiger charge is -2.29. The Morgan fingerprint density at radius 2 is 1.83 bits per heavy atom. The van der Waals surface area contributed by atoms with Crippen molar-refractivity contribution < 1.29 is 4.79 Å². The second-order valence-electron chi connectivity index (χ2n) is 6.50. The number of hydrogen-bond acceptors (Lipinski definition) is 3. The van der Waals surface area contributed by atoms with Crippen LogP contribution in [0.4, 0.5) is 0 Å². The van der Waals surface area contributed by atoms with Gasteiger partial charge in [0.05, 0.1) is 0 Å². The van der Waals surface area contributed by atoms with Crippen molar-refractivity contribution in [1.29, 1.82) is 0 Å². The molecular weight excluding hydrogens is 413 g/mol. The smallest absolute Gasteiger partial charge is 0.244 e. The molecule has 0 aromatic heterocycles. The van der Waals surface area contributed by atoms with Gasteiger partial charge in [-0.25, -0.2) is 0 Å². The lowest BCUT2D eigenvalue weighted by molar-refractivity contribution is -0.126. The number of likely N-dealkylation sites (tertiary alicyclic amines) is 1. The first-order chi connectivity index (χ1) is 10.4. The number of rotatable bonds is 5. The molecule has 1 unspecified atom stereocenters. The summed E-state index contributed by atoms with van der Waals surface area (Å²) in [5, 5.41) is 3.01. The first-order valence-corrected chi connectivity index (χ1v) is 8.70. The average Bonchev–Trinajstić information content (AvgIpc) is 2.49. The van der Waals surface area contributed by atoms with Crippen molar-refractivity contribution in [3.8, 4) is 0 Å². The van der Waals surface area contributed by atoms with E-state index in [9.17, 15) is 4.79 Å². The molecule has 1 amide bonds. The van der Waals surface area contributed by atoms with Crippen molar-refractivity contribution >= 4 is 46.7 Å². The maximum Gasteiger partial charge on any atom is 0.244 e. The van der Waals surface area contributed by atoms with E-state index in [1.165, 1.54) is 12.8 Å². The van der Waals surface area contributed by atoms with Gasteiger partial charge in [0.2, 0.25) is 5.91 Å². The van der Waals surface area contributed by atoms with Gasteiger partial charge in [-0.2, -0.15) is 0 Å². The summed E-state index contributed by atoms with van der Waals surface area (Å²) in [6.07, 6.45) is 3.48. The van der Waals surface area contributed by atoms with Crippen molar-refractivity contribution in [1.82, 2.24) is 10.2 Å². The minimum absolute atomic E-state index is 0. The first kappa shape index (κ1) is 23.7. The topological polar surface area (TPSA) is 58.4 Å². The number of nitrogens with one attached hydrogen (secondary N) is 1. The van der Waals surface area contributed by atoms with E-state index in [0.29, 0.717) is 12.5 Å². The Labute approximate surface area is 165 Å². The van der Waals surface area contributed by atoms with Gasteiger partial charge in [-0.15, -0.1) is 24.8 Å². The lowest BCUT2D eigenvalue weighted by atomic mass is 9.91. The van der Waals surface area contributed by atoms with Gasteiger partial charge in [-0.05, 0) is 69.9 Å². The number of carbonyl (C=O) groups excluding carboxylic acids is 1. The third-order valence-electron chi connectivity index (χ3n) is 4.59. The molecule has 1 saturated heterocycles. The zero-order valence-corrected chi connectivity index (χ0v) is 17.5. The number of benzene rings is 1. The molecule has 138 valence electrons. The van der Waals surface area contributed by atoms with Gasteiger partial charge in [0.1, 0.15) is 5.54 Å². The van der Waals surface area contributed by atoms with E-state index in [1.54, 1.807) is 6.92 Å². The quantitative estimate of drug-likeness (QED) is 0.738. The van der Waals surface area contributed by atoms with Crippen LogP contribution in [0.2, 0.25) is 0 Å². The zero-order valence-electron chi connectivity index (χ0n) is 14.3. The Morgan fingerprint density at radius 3 is 2.38 bits per heavy atom. The summed E-state index contributed by atoms with van der Waals surface area (Å²) >= 11 is 3.39. The highest BCUT2D eigenvalue weighted by Crippen LogP contribution is 2.21. The molecule has 2 rings (SSSR count). The molecule has 1 aromatic carbocycles. The maximum atomic E-state index is 12.4. The molecule has 1 fully saturated rings. The van der Waals surface area contributed by atoms with Crippen LogP contribution in [0.1, 0.15) is 31.7 Å². The van der Waals surface area contributed by atoms with Crippen LogP contribution in [0.5, 0.6) is 0 Å². The Bertz CT molecular complexity index is 503. The van der Waals surface area contributed by atoms with Gasteiger partial charge < -0.3 is 16.0 Å². The van der Waals surface area contributed by atoms with Crippen LogP contribution < -0.4 is 11.1 Å². The van der Waals surface area contributed by atoms with Crippen LogP contribution in [0, 0.1) is 5.92 Å². The van der Waals surface area contributed by atoms with Gasteiger partial charge in [0.25, 0.3) is 0 Å². The molecule has 24 heavy (non-hydrogen) atoms. The minimum atomic E-state index is -0.993. The molecule has 1 aromatic rings. The van der Waals surface area contributed by atoms with Gasteiger partial charge in [-0.3, -0.25) is 4.79 Å². The number of halogens is 3. The van der Waals surface area contributed by atoms with E-state index in [-0.39, 0.29) is 30.7 Å². The predicted molar refractivity (Wildman–Crippen MR) is 108 cm³/mol. The number of piperidine rings is 1. The Morgan fingerprint density at radius 1 is 1.29 bits per heavy atom. The predicted octanol–water partition coefficient (Wildman–Crippen LogP) is 3.31. The maximum absolute atomic E-state index is 12.4. The fraction of sp³-hybridized carbons (Fsp3) is 0.588. The van der Waals surface area contributed by atoms with Gasteiger partial charge in [0, 0.05) is 11.0 Å². The summed E-state index contributed by atoms with van der Waals surface area (Å²) in [6, 6.07) is 7.60. The summed E-state index contributed by atoms with van der Waals surface area (Å²) in [4.78, 5) is 14.7. The van der Waals surface area contributed by atoms with Crippen molar-refractivity contribution in [3.63, 3.8) is 0 Å². The van der Waals surface area contributed by atoms with Crippen LogP contribution >= 0.6 is 40.7 Å². The normalized spacial score (nSPS) is 18.0. The van der Waals surface area contributed by atoms with E-state index in [2.05, 4.69) is 33.2 Å². The van der Waals surface area contributed by atoms with Crippen LogP contribution in [-0.2, 0) is 10.3 Å². The van der Waals surface area contributed by atoms with E-state index in [1.807, 2.05) is 24.3 Å². The van der Waals surface area contributed by atoms with Crippen molar-refractivity contribution in [2.24, 2.45) is 11.7 Å². The molecule has 0 radical (unpaired) electrons. The van der Waals surface area contributed by atoms with Crippen LogP contribution in [0.25, 0.3) is 0 Å². The second kappa shape index (κ2) is 10.6. The van der Waals surface area contributed by atoms with Crippen molar-refractivity contribution in [3.05, 3.63) is 34.3 Å². The monoisotopic (exact) mass is 439 g/mol. The molecule has 1 atom stereocenters. The summed E-state index contributed by atoms with van der Waals surface area (Å²) in [5.41, 5.74) is 6.07. The molecule has 0 saturated carbocycles. The van der Waals surface area contributed by atoms with E-state index < -0.39 is 5.54 Å². The number of nitrogens with two attached hydrogens (primary N) is 1. The van der Waals surface area contributed by atoms with E-state index in [4.69, 9.17) is 5.73 Å². The number of hydrogen-bond donors (Lipinski definition) is 2. The number of nitrogens with zero attached hydrogens (tertiary/aromatic N) is 1. The summed E-state index contributed by atoms with van der Waals surface area (Å²) in [7, 11) is 2.16. The molecule has 1 aliphatic rings. The minimum Gasteiger partial charge on any atom is -0.354 e. The van der Waals surface area contributed by atoms with Crippen LogP contribution in [0.15, 0.2) is 28.7 Å². The average molecular weight is 441 g/mol. The largest absolute Gasteiger partial charge is 0.354 e. The number of amides is 1. The van der Waals surface area contributed by atoms with Gasteiger partial charge in [-0.1, -0.05) is 28.1 Å². The third kappa shape index (κ3) is 6.52. The molecule has 1 heterocycles. The molecule has 0 aliphatic carbocycles. The highest BCUT2D eigenvalue weighted by molar-refractivity contribution is 9.10. The summed E-state index contributed by atoms with van der Waals surface area (Å²) in [6.45, 7) is 4.79. The molecule has 0 spiro atoms. The number of carbonyl (C=O) groups is 1. The third-order valence-corrected chi connectivity index (χ3v) is 5.12. The van der Waals surface area contributed by atoms with Crippen molar-refractivity contribution in [2.45, 2.75) is 31.7 Å². The lowest BCUT2D eigenvalue weighted by Crippen LogP contribution is -2.49. The van der Waals surface area contributed by atoms with Crippen molar-refractivity contribution in [2.75, 3.05) is 26.7 Å². The summed E-state index contributed by atoms with van der Waals surface area (Å²) < 4.78 is 0.981. The highest BCUT2D eigenvalue weighted by atomic mass is 79.9. The van der Waals surface area contributed by atoms with E-state index >= 15 is 0 Å². The Balaban J connectivity index is 0.00000264. The fourth-order valence-corrected chi connectivity index (χ4v) is 3.12.